The third-order valence-electron chi connectivity index (χ3n) is 5.70. The van der Waals surface area contributed by atoms with Gasteiger partial charge < -0.3 is 15.0 Å². The van der Waals surface area contributed by atoms with E-state index in [-0.39, 0.29) is 43.6 Å². The topological polar surface area (TPSA) is 96.0 Å². The molecule has 0 aromatic heterocycles. The van der Waals surface area contributed by atoms with E-state index in [0.29, 0.717) is 5.75 Å². The number of rotatable bonds is 12. The maximum Gasteiger partial charge on any atom is 0.416 e. The number of hydrogen-bond acceptors (Lipinski definition) is 5. The molecule has 1 N–H and O–H groups in total. The molecule has 0 fully saturated rings. The minimum absolute atomic E-state index is 0.0231. The Hall–Kier alpha value is -3.28. The first-order valence-electron chi connectivity index (χ1n) is 12.0. The first-order valence-corrected chi connectivity index (χ1v) is 13.9. The SMILES string of the molecule is COc1cccc(CN(C(=O)CCCN(c2cccc(C(F)(F)F)c2)S(C)(=O)=O)[C@@H](C)C(=O)NC(C)C)c1. The summed E-state index contributed by atoms with van der Waals surface area (Å²) in [5.74, 6) is -0.172. The van der Waals surface area contributed by atoms with Gasteiger partial charge in [-0.15, -0.1) is 0 Å². The van der Waals surface area contributed by atoms with Crippen LogP contribution in [0.1, 0.15) is 44.7 Å². The van der Waals surface area contributed by atoms with E-state index in [0.717, 1.165) is 34.3 Å². The number of nitrogens with one attached hydrogen (secondary N) is 1. The smallest absolute Gasteiger partial charge is 0.416 e. The summed E-state index contributed by atoms with van der Waals surface area (Å²) in [5, 5.41) is 2.78. The highest BCUT2D eigenvalue weighted by Gasteiger charge is 2.32. The molecular formula is C26H34F3N3O5S. The maximum atomic E-state index is 13.3. The van der Waals surface area contributed by atoms with Crippen LogP contribution < -0.4 is 14.4 Å². The van der Waals surface area contributed by atoms with Crippen LogP contribution >= 0.6 is 0 Å². The molecule has 0 spiro atoms. The highest BCUT2D eigenvalue weighted by molar-refractivity contribution is 7.92. The Morgan fingerprint density at radius 1 is 1.05 bits per heavy atom. The molecule has 0 aliphatic carbocycles. The average Bonchev–Trinajstić information content (AvgIpc) is 2.83. The van der Waals surface area contributed by atoms with Crippen LogP contribution in [0, 0.1) is 0 Å². The van der Waals surface area contributed by atoms with Crippen molar-refractivity contribution in [1.82, 2.24) is 10.2 Å². The molecule has 2 aromatic rings. The second-order valence-electron chi connectivity index (χ2n) is 9.20. The van der Waals surface area contributed by atoms with Crippen molar-refractivity contribution in [3.05, 3.63) is 59.7 Å². The number of methoxy groups -OCH3 is 1. The van der Waals surface area contributed by atoms with Crippen LogP contribution in [0.3, 0.4) is 0 Å². The Morgan fingerprint density at radius 3 is 2.29 bits per heavy atom. The Morgan fingerprint density at radius 2 is 1.71 bits per heavy atom. The van der Waals surface area contributed by atoms with E-state index >= 15 is 0 Å². The van der Waals surface area contributed by atoms with E-state index in [2.05, 4.69) is 5.32 Å². The predicted octanol–water partition coefficient (Wildman–Crippen LogP) is 4.20. The lowest BCUT2D eigenvalue weighted by Crippen LogP contribution is -2.49. The molecular weight excluding hydrogens is 523 g/mol. The Balaban J connectivity index is 2.23. The van der Waals surface area contributed by atoms with Crippen molar-refractivity contribution in [3.63, 3.8) is 0 Å². The van der Waals surface area contributed by atoms with Crippen LogP contribution in [0.5, 0.6) is 5.75 Å². The third kappa shape index (κ3) is 8.93. The van der Waals surface area contributed by atoms with E-state index < -0.39 is 33.7 Å². The summed E-state index contributed by atoms with van der Waals surface area (Å²) in [4.78, 5) is 27.4. The lowest BCUT2D eigenvalue weighted by Gasteiger charge is -2.30. The predicted molar refractivity (Wildman–Crippen MR) is 139 cm³/mol. The van der Waals surface area contributed by atoms with Crippen molar-refractivity contribution in [2.45, 2.75) is 58.4 Å². The van der Waals surface area contributed by atoms with E-state index in [1.807, 2.05) is 0 Å². The first-order chi connectivity index (χ1) is 17.6. The van der Waals surface area contributed by atoms with Crippen molar-refractivity contribution in [1.29, 1.82) is 0 Å². The summed E-state index contributed by atoms with van der Waals surface area (Å²) in [6, 6.07) is 10.1. The van der Waals surface area contributed by atoms with Gasteiger partial charge >= 0.3 is 6.18 Å². The average molecular weight is 558 g/mol. The monoisotopic (exact) mass is 557 g/mol. The molecule has 0 aliphatic heterocycles. The molecule has 0 heterocycles. The Labute approximate surface area is 221 Å². The fourth-order valence-electron chi connectivity index (χ4n) is 3.80. The van der Waals surface area contributed by atoms with Gasteiger partial charge in [0, 0.05) is 25.6 Å². The molecule has 1 atom stereocenters. The molecule has 0 radical (unpaired) electrons. The van der Waals surface area contributed by atoms with Crippen LogP contribution in [0.2, 0.25) is 0 Å². The summed E-state index contributed by atoms with van der Waals surface area (Å²) in [5.41, 5.74) is -0.398. The fraction of sp³-hybridized carbons (Fsp3) is 0.462. The lowest BCUT2D eigenvalue weighted by molar-refractivity contribution is -0.140. The molecule has 2 amide bonds. The van der Waals surface area contributed by atoms with Crippen LogP contribution in [0.4, 0.5) is 18.9 Å². The van der Waals surface area contributed by atoms with Crippen molar-refractivity contribution in [2.75, 3.05) is 24.2 Å². The number of hydrogen-bond donors (Lipinski definition) is 1. The quantitative estimate of drug-likeness (QED) is 0.422. The molecule has 0 bridgehead atoms. The van der Waals surface area contributed by atoms with Gasteiger partial charge in [-0.05, 0) is 63.1 Å². The van der Waals surface area contributed by atoms with E-state index in [4.69, 9.17) is 4.74 Å². The maximum absolute atomic E-state index is 13.3. The van der Waals surface area contributed by atoms with Gasteiger partial charge in [-0.3, -0.25) is 13.9 Å². The van der Waals surface area contributed by atoms with Gasteiger partial charge in [0.15, 0.2) is 0 Å². The van der Waals surface area contributed by atoms with Crippen LogP contribution in [0.15, 0.2) is 48.5 Å². The van der Waals surface area contributed by atoms with Gasteiger partial charge in [0.2, 0.25) is 21.8 Å². The van der Waals surface area contributed by atoms with Gasteiger partial charge in [0.1, 0.15) is 11.8 Å². The molecule has 8 nitrogen and oxygen atoms in total. The number of halogens is 3. The van der Waals surface area contributed by atoms with Crippen molar-refractivity contribution < 1.29 is 35.9 Å². The zero-order valence-electron chi connectivity index (χ0n) is 22.1. The molecule has 38 heavy (non-hydrogen) atoms. The van der Waals surface area contributed by atoms with Gasteiger partial charge in [-0.25, -0.2) is 8.42 Å². The highest BCUT2D eigenvalue weighted by atomic mass is 32.2. The number of alkyl halides is 3. The number of carbonyl (C=O) groups is 2. The van der Waals surface area contributed by atoms with Gasteiger partial charge in [-0.2, -0.15) is 13.2 Å². The third-order valence-corrected chi connectivity index (χ3v) is 6.89. The van der Waals surface area contributed by atoms with E-state index in [1.165, 1.54) is 18.1 Å². The van der Waals surface area contributed by atoms with Gasteiger partial charge in [0.25, 0.3) is 0 Å². The standard InChI is InChI=1S/C26H34F3N3O5S/c1-18(2)30-25(34)19(3)31(17-20-9-6-12-23(15-20)37-4)24(33)13-8-14-32(38(5,35)36)22-11-7-10-21(16-22)26(27,28)29/h6-7,9-12,15-16,18-19H,8,13-14,17H2,1-5H3,(H,30,34)/t19-/m0/s1. The van der Waals surface area contributed by atoms with Crippen molar-refractivity contribution in [2.24, 2.45) is 0 Å². The lowest BCUT2D eigenvalue weighted by atomic mass is 10.1. The molecule has 2 aromatic carbocycles. The van der Waals surface area contributed by atoms with Crippen LogP contribution in [-0.2, 0) is 32.3 Å². The summed E-state index contributed by atoms with van der Waals surface area (Å²) in [6.45, 7) is 5.08. The number of sulfonamides is 1. The molecule has 210 valence electrons. The second-order valence-corrected chi connectivity index (χ2v) is 11.1. The number of nitrogens with zero attached hydrogens (tertiary/aromatic N) is 2. The van der Waals surface area contributed by atoms with Gasteiger partial charge in [0.05, 0.1) is 24.6 Å². The van der Waals surface area contributed by atoms with Crippen molar-refractivity contribution in [3.8, 4) is 5.75 Å². The number of benzene rings is 2. The zero-order chi connectivity index (χ0) is 28.7. The van der Waals surface area contributed by atoms with Crippen molar-refractivity contribution >= 4 is 27.5 Å². The van der Waals surface area contributed by atoms with E-state index in [9.17, 15) is 31.2 Å². The van der Waals surface area contributed by atoms with Crippen LogP contribution in [-0.4, -0.2) is 57.1 Å². The van der Waals surface area contributed by atoms with Gasteiger partial charge in [-0.1, -0.05) is 18.2 Å². The number of carbonyl (C=O) groups excluding carboxylic acids is 2. The molecule has 2 rings (SSSR count). The summed E-state index contributed by atoms with van der Waals surface area (Å²) in [7, 11) is -2.42. The molecule has 0 unspecified atom stereocenters. The number of ether oxygens (including phenoxy) is 1. The highest BCUT2D eigenvalue weighted by Crippen LogP contribution is 2.32. The molecule has 0 saturated heterocycles. The normalized spacial score (nSPS) is 12.7. The largest absolute Gasteiger partial charge is 0.497 e. The summed E-state index contributed by atoms with van der Waals surface area (Å²) >= 11 is 0. The molecule has 0 aliphatic rings. The number of amides is 2. The molecule has 0 saturated carbocycles. The fourth-order valence-corrected chi connectivity index (χ4v) is 4.75. The Bertz CT molecular complexity index is 1220. The Kier molecular flexibility index (Phi) is 10.6. The number of anilines is 1. The van der Waals surface area contributed by atoms with Crippen LogP contribution in [0.25, 0.3) is 0 Å². The minimum Gasteiger partial charge on any atom is -0.497 e. The second kappa shape index (κ2) is 13.0. The summed E-state index contributed by atoms with van der Waals surface area (Å²) in [6.07, 6.45) is -3.85. The minimum atomic E-state index is -4.64. The zero-order valence-corrected chi connectivity index (χ0v) is 22.9. The summed E-state index contributed by atoms with van der Waals surface area (Å²) < 4.78 is 70.3. The first kappa shape index (κ1) is 30.9. The molecule has 12 heteroatoms. The van der Waals surface area contributed by atoms with E-state index in [1.54, 1.807) is 45.0 Å².